The summed E-state index contributed by atoms with van der Waals surface area (Å²) in [6.45, 7) is 8.30. The van der Waals surface area contributed by atoms with Gasteiger partial charge in [0.15, 0.2) is 0 Å². The number of hydrogen-bond donors (Lipinski definition) is 0. The fourth-order valence-electron chi connectivity index (χ4n) is 3.22. The Hall–Kier alpha value is -2.18. The van der Waals surface area contributed by atoms with Crippen molar-refractivity contribution in [1.82, 2.24) is 19.8 Å². The highest BCUT2D eigenvalue weighted by Crippen LogP contribution is 2.18. The number of hydrogen-bond acceptors (Lipinski definition) is 5. The largest absolute Gasteiger partial charge is 0.352 e. The lowest BCUT2D eigenvalue weighted by atomic mass is 9.99. The van der Waals surface area contributed by atoms with E-state index in [1.165, 1.54) is 0 Å². The lowest BCUT2D eigenvalue weighted by Gasteiger charge is -2.34. The smallest absolute Gasteiger partial charge is 0.274 e. The third-order valence-electron chi connectivity index (χ3n) is 4.98. The van der Waals surface area contributed by atoms with E-state index in [1.54, 1.807) is 19.3 Å². The molecule has 2 saturated heterocycles. The fourth-order valence-corrected chi connectivity index (χ4v) is 3.22. The Bertz CT molecular complexity index is 588. The van der Waals surface area contributed by atoms with Crippen molar-refractivity contribution in [2.24, 2.45) is 5.92 Å². The normalized spacial score (nSPS) is 19.5. The molecular weight excluding hydrogens is 306 g/mol. The maximum Gasteiger partial charge on any atom is 0.274 e. The first-order valence-corrected chi connectivity index (χ1v) is 8.66. The first kappa shape index (κ1) is 16.7. The Balaban J connectivity index is 1.59. The quantitative estimate of drug-likeness (QED) is 0.809. The van der Waals surface area contributed by atoms with Crippen molar-refractivity contribution in [2.75, 3.05) is 44.2 Å². The van der Waals surface area contributed by atoms with Crippen LogP contribution in [0.5, 0.6) is 0 Å². The van der Waals surface area contributed by atoms with Gasteiger partial charge in [0.05, 0.1) is 12.4 Å². The number of rotatable bonds is 2. The van der Waals surface area contributed by atoms with Crippen LogP contribution < -0.4 is 4.90 Å². The molecule has 0 unspecified atom stereocenters. The second kappa shape index (κ2) is 7.15. The van der Waals surface area contributed by atoms with E-state index in [-0.39, 0.29) is 11.8 Å². The minimum atomic E-state index is -0.0256. The number of piperidine rings is 1. The zero-order valence-corrected chi connectivity index (χ0v) is 14.4. The van der Waals surface area contributed by atoms with Crippen molar-refractivity contribution in [3.05, 3.63) is 18.1 Å². The number of nitrogens with zero attached hydrogens (tertiary/aromatic N) is 5. The van der Waals surface area contributed by atoms with Gasteiger partial charge in [0.2, 0.25) is 5.91 Å². The van der Waals surface area contributed by atoms with E-state index in [9.17, 15) is 9.59 Å². The molecule has 0 bridgehead atoms. The standard InChI is InChI=1S/C17H25N5O2/c1-13-3-5-22(6-4-13)17(24)15-11-19-16(12-18-15)21-9-7-20(8-10-21)14(2)23/h11-13H,3-10H2,1-2H3. The Kier molecular flexibility index (Phi) is 4.97. The van der Waals surface area contributed by atoms with Gasteiger partial charge in [-0.3, -0.25) is 9.59 Å². The van der Waals surface area contributed by atoms with Crippen molar-refractivity contribution in [2.45, 2.75) is 26.7 Å². The lowest BCUT2D eigenvalue weighted by Crippen LogP contribution is -2.48. The molecule has 7 heteroatoms. The van der Waals surface area contributed by atoms with Gasteiger partial charge < -0.3 is 14.7 Å². The summed E-state index contributed by atoms with van der Waals surface area (Å²) in [5.74, 6) is 1.54. The molecule has 24 heavy (non-hydrogen) atoms. The van der Waals surface area contributed by atoms with Crippen LogP contribution in [-0.2, 0) is 4.79 Å². The van der Waals surface area contributed by atoms with Crippen LogP contribution in [0.1, 0.15) is 37.2 Å². The Labute approximate surface area is 142 Å². The molecule has 0 radical (unpaired) electrons. The van der Waals surface area contributed by atoms with E-state index < -0.39 is 0 Å². The monoisotopic (exact) mass is 331 g/mol. The van der Waals surface area contributed by atoms with Gasteiger partial charge in [0.25, 0.3) is 5.91 Å². The minimum Gasteiger partial charge on any atom is -0.352 e. The number of carbonyl (C=O) groups is 2. The Morgan fingerprint density at radius 1 is 0.958 bits per heavy atom. The highest BCUT2D eigenvalue weighted by atomic mass is 16.2. The molecular formula is C17H25N5O2. The van der Waals surface area contributed by atoms with Crippen LogP contribution in [0.25, 0.3) is 0 Å². The van der Waals surface area contributed by atoms with Gasteiger partial charge in [-0.2, -0.15) is 0 Å². The molecule has 130 valence electrons. The number of aromatic nitrogens is 2. The average Bonchev–Trinajstić information content (AvgIpc) is 2.62. The van der Waals surface area contributed by atoms with E-state index >= 15 is 0 Å². The molecule has 1 aromatic heterocycles. The first-order valence-electron chi connectivity index (χ1n) is 8.66. The van der Waals surface area contributed by atoms with Crippen molar-refractivity contribution in [3.8, 4) is 0 Å². The molecule has 7 nitrogen and oxygen atoms in total. The van der Waals surface area contributed by atoms with Crippen molar-refractivity contribution < 1.29 is 9.59 Å². The zero-order chi connectivity index (χ0) is 17.1. The number of likely N-dealkylation sites (tertiary alicyclic amines) is 1. The maximum atomic E-state index is 12.5. The molecule has 0 spiro atoms. The van der Waals surface area contributed by atoms with Crippen LogP contribution in [0.3, 0.4) is 0 Å². The summed E-state index contributed by atoms with van der Waals surface area (Å²) in [6.07, 6.45) is 5.35. The second-order valence-electron chi connectivity index (χ2n) is 6.73. The van der Waals surface area contributed by atoms with Crippen LogP contribution in [0.2, 0.25) is 0 Å². The summed E-state index contributed by atoms with van der Waals surface area (Å²) >= 11 is 0. The van der Waals surface area contributed by atoms with Crippen molar-refractivity contribution >= 4 is 17.6 Å². The molecule has 0 N–H and O–H groups in total. The van der Waals surface area contributed by atoms with E-state index in [2.05, 4.69) is 21.8 Å². The second-order valence-corrected chi connectivity index (χ2v) is 6.73. The van der Waals surface area contributed by atoms with Crippen molar-refractivity contribution in [3.63, 3.8) is 0 Å². The zero-order valence-electron chi connectivity index (χ0n) is 14.4. The molecule has 3 rings (SSSR count). The van der Waals surface area contributed by atoms with Gasteiger partial charge in [-0.05, 0) is 18.8 Å². The fraction of sp³-hybridized carbons (Fsp3) is 0.647. The number of anilines is 1. The van der Waals surface area contributed by atoms with Crippen LogP contribution in [-0.4, -0.2) is 70.9 Å². The van der Waals surface area contributed by atoms with Crippen molar-refractivity contribution in [1.29, 1.82) is 0 Å². The predicted octanol–water partition coefficient (Wildman–Crippen LogP) is 1.02. The minimum absolute atomic E-state index is 0.0256. The predicted molar refractivity (Wildman–Crippen MR) is 90.8 cm³/mol. The molecule has 3 heterocycles. The van der Waals surface area contributed by atoms with E-state index in [0.29, 0.717) is 24.7 Å². The summed E-state index contributed by atoms with van der Waals surface area (Å²) in [7, 11) is 0. The lowest BCUT2D eigenvalue weighted by molar-refractivity contribution is -0.129. The van der Waals surface area contributed by atoms with Gasteiger partial charge in [-0.1, -0.05) is 6.92 Å². The molecule has 2 amide bonds. The highest BCUT2D eigenvalue weighted by Gasteiger charge is 2.23. The molecule has 0 atom stereocenters. The third-order valence-corrected chi connectivity index (χ3v) is 4.98. The molecule has 2 fully saturated rings. The molecule has 0 aromatic carbocycles. The van der Waals surface area contributed by atoms with Crippen LogP contribution in [0.4, 0.5) is 5.82 Å². The average molecular weight is 331 g/mol. The summed E-state index contributed by atoms with van der Waals surface area (Å²) in [5, 5.41) is 0. The van der Waals surface area contributed by atoms with Crippen LogP contribution >= 0.6 is 0 Å². The summed E-state index contributed by atoms with van der Waals surface area (Å²) in [6, 6.07) is 0. The third kappa shape index (κ3) is 3.66. The van der Waals surface area contributed by atoms with Gasteiger partial charge in [-0.15, -0.1) is 0 Å². The number of piperazine rings is 1. The van der Waals surface area contributed by atoms with Gasteiger partial charge in [0, 0.05) is 46.2 Å². The summed E-state index contributed by atoms with van der Waals surface area (Å²) < 4.78 is 0. The van der Waals surface area contributed by atoms with Crippen LogP contribution in [0, 0.1) is 5.92 Å². The maximum absolute atomic E-state index is 12.5. The molecule has 0 saturated carbocycles. The Morgan fingerprint density at radius 3 is 2.17 bits per heavy atom. The van der Waals surface area contributed by atoms with Gasteiger partial charge >= 0.3 is 0 Å². The SMILES string of the molecule is CC(=O)N1CCN(c2cnc(C(=O)N3CCC(C)CC3)cn2)CC1. The van der Waals surface area contributed by atoms with Gasteiger partial charge in [0.1, 0.15) is 11.5 Å². The number of amides is 2. The topological polar surface area (TPSA) is 69.6 Å². The van der Waals surface area contributed by atoms with Gasteiger partial charge in [-0.25, -0.2) is 9.97 Å². The molecule has 2 aliphatic rings. The van der Waals surface area contributed by atoms with Crippen LogP contribution in [0.15, 0.2) is 12.4 Å². The molecule has 0 aliphatic carbocycles. The summed E-state index contributed by atoms with van der Waals surface area (Å²) in [5.41, 5.74) is 0.413. The summed E-state index contributed by atoms with van der Waals surface area (Å²) in [4.78, 5) is 38.4. The first-order chi connectivity index (χ1) is 11.5. The number of carbonyl (C=O) groups excluding carboxylic acids is 2. The molecule has 2 aliphatic heterocycles. The Morgan fingerprint density at radius 2 is 1.62 bits per heavy atom. The molecule has 1 aromatic rings. The van der Waals surface area contributed by atoms with E-state index in [1.807, 2.05) is 9.80 Å². The van der Waals surface area contributed by atoms with E-state index in [4.69, 9.17) is 0 Å². The highest BCUT2D eigenvalue weighted by molar-refractivity contribution is 5.92. The van der Waals surface area contributed by atoms with E-state index in [0.717, 1.165) is 44.8 Å².